The standard InChI is InChI=1S/C19H22N2O3/c1-14(21-13-16-5-3-15(12-20)4-6-16)17-7-8-18(24-10-9-22)19(11-17)23-2/h3-8,11,14,21-22H,9-10,13H2,1-2H3. The van der Waals surface area contributed by atoms with E-state index in [1.807, 2.05) is 42.5 Å². The van der Waals surface area contributed by atoms with Crippen molar-refractivity contribution in [3.63, 3.8) is 0 Å². The van der Waals surface area contributed by atoms with Crippen molar-refractivity contribution in [2.24, 2.45) is 0 Å². The monoisotopic (exact) mass is 326 g/mol. The minimum absolute atomic E-state index is 0.0343. The third-order valence-electron chi connectivity index (χ3n) is 3.73. The Labute approximate surface area is 142 Å². The van der Waals surface area contributed by atoms with Crippen molar-refractivity contribution < 1.29 is 14.6 Å². The molecule has 0 aliphatic carbocycles. The van der Waals surface area contributed by atoms with E-state index in [0.29, 0.717) is 23.6 Å². The Hall–Kier alpha value is -2.55. The molecule has 2 aromatic carbocycles. The molecule has 2 N–H and O–H groups in total. The molecule has 0 spiro atoms. The molecule has 2 rings (SSSR count). The Kier molecular flexibility index (Phi) is 6.62. The topological polar surface area (TPSA) is 74.5 Å². The van der Waals surface area contributed by atoms with Gasteiger partial charge in [0.15, 0.2) is 11.5 Å². The van der Waals surface area contributed by atoms with E-state index in [2.05, 4.69) is 18.3 Å². The number of ether oxygens (including phenoxy) is 2. The van der Waals surface area contributed by atoms with E-state index in [1.165, 1.54) is 0 Å². The van der Waals surface area contributed by atoms with Gasteiger partial charge in [0.2, 0.25) is 0 Å². The van der Waals surface area contributed by atoms with Gasteiger partial charge in [-0.25, -0.2) is 0 Å². The van der Waals surface area contributed by atoms with Gasteiger partial charge in [-0.05, 0) is 42.3 Å². The lowest BCUT2D eigenvalue weighted by atomic mass is 10.1. The largest absolute Gasteiger partial charge is 0.493 e. The molecule has 0 aromatic heterocycles. The fourth-order valence-electron chi connectivity index (χ4n) is 2.31. The van der Waals surface area contributed by atoms with Crippen molar-refractivity contribution in [2.75, 3.05) is 20.3 Å². The molecule has 24 heavy (non-hydrogen) atoms. The SMILES string of the molecule is COc1cc(C(C)NCc2ccc(C#N)cc2)ccc1OCCO. The highest BCUT2D eigenvalue weighted by Crippen LogP contribution is 2.30. The van der Waals surface area contributed by atoms with Gasteiger partial charge >= 0.3 is 0 Å². The maximum absolute atomic E-state index is 8.85. The van der Waals surface area contributed by atoms with Crippen LogP contribution in [0.3, 0.4) is 0 Å². The summed E-state index contributed by atoms with van der Waals surface area (Å²) in [6, 6.07) is 15.5. The van der Waals surface area contributed by atoms with Gasteiger partial charge in [-0.3, -0.25) is 0 Å². The summed E-state index contributed by atoms with van der Waals surface area (Å²) in [6.45, 7) is 2.99. The number of aliphatic hydroxyl groups excluding tert-OH is 1. The second-order valence-electron chi connectivity index (χ2n) is 5.39. The third-order valence-corrected chi connectivity index (χ3v) is 3.73. The molecule has 0 bridgehead atoms. The van der Waals surface area contributed by atoms with Crippen molar-refractivity contribution in [3.05, 3.63) is 59.2 Å². The van der Waals surface area contributed by atoms with Crippen molar-refractivity contribution in [1.29, 1.82) is 5.26 Å². The quantitative estimate of drug-likeness (QED) is 0.780. The highest BCUT2D eigenvalue weighted by Gasteiger charge is 2.10. The Morgan fingerprint density at radius 1 is 1.17 bits per heavy atom. The second-order valence-corrected chi connectivity index (χ2v) is 5.39. The molecule has 126 valence electrons. The Balaban J connectivity index is 2.00. The van der Waals surface area contributed by atoms with Crippen LogP contribution in [0, 0.1) is 11.3 Å². The molecule has 5 heteroatoms. The van der Waals surface area contributed by atoms with Crippen LogP contribution in [0.4, 0.5) is 0 Å². The molecule has 1 unspecified atom stereocenters. The number of rotatable bonds is 8. The maximum atomic E-state index is 8.85. The number of hydrogen-bond acceptors (Lipinski definition) is 5. The number of nitrogens with one attached hydrogen (secondary N) is 1. The van der Waals surface area contributed by atoms with E-state index in [4.69, 9.17) is 19.8 Å². The first-order valence-corrected chi connectivity index (χ1v) is 7.82. The van der Waals surface area contributed by atoms with Gasteiger partial charge in [-0.15, -0.1) is 0 Å². The molecule has 0 amide bonds. The average Bonchev–Trinajstić information content (AvgIpc) is 2.64. The zero-order valence-corrected chi connectivity index (χ0v) is 14.0. The minimum Gasteiger partial charge on any atom is -0.493 e. The van der Waals surface area contributed by atoms with Crippen LogP contribution in [-0.4, -0.2) is 25.4 Å². The lowest BCUT2D eigenvalue weighted by Gasteiger charge is -2.17. The number of nitrogens with zero attached hydrogens (tertiary/aromatic N) is 1. The van der Waals surface area contributed by atoms with Crippen molar-refractivity contribution in [3.8, 4) is 17.6 Å². The van der Waals surface area contributed by atoms with Gasteiger partial charge in [0.05, 0.1) is 25.3 Å². The summed E-state index contributed by atoms with van der Waals surface area (Å²) in [4.78, 5) is 0. The van der Waals surface area contributed by atoms with Crippen molar-refractivity contribution in [1.82, 2.24) is 5.32 Å². The van der Waals surface area contributed by atoms with Gasteiger partial charge in [0.1, 0.15) is 6.61 Å². The lowest BCUT2D eigenvalue weighted by Crippen LogP contribution is -2.18. The number of nitriles is 1. The molecular weight excluding hydrogens is 304 g/mol. The highest BCUT2D eigenvalue weighted by molar-refractivity contribution is 5.43. The molecule has 2 aromatic rings. The normalized spacial score (nSPS) is 11.6. The second kappa shape index (κ2) is 8.92. The molecule has 5 nitrogen and oxygen atoms in total. The van der Waals surface area contributed by atoms with E-state index < -0.39 is 0 Å². The van der Waals surface area contributed by atoms with Crippen LogP contribution in [0.1, 0.15) is 29.7 Å². The summed E-state index contributed by atoms with van der Waals surface area (Å²) in [6.07, 6.45) is 0. The van der Waals surface area contributed by atoms with Crippen LogP contribution in [0.2, 0.25) is 0 Å². The van der Waals surface area contributed by atoms with E-state index in [9.17, 15) is 0 Å². The highest BCUT2D eigenvalue weighted by atomic mass is 16.5. The van der Waals surface area contributed by atoms with E-state index in [-0.39, 0.29) is 19.3 Å². The molecule has 0 heterocycles. The molecule has 0 saturated carbocycles. The van der Waals surface area contributed by atoms with E-state index in [1.54, 1.807) is 7.11 Å². The molecule has 0 aliphatic rings. The van der Waals surface area contributed by atoms with Crippen LogP contribution < -0.4 is 14.8 Å². The Morgan fingerprint density at radius 3 is 2.54 bits per heavy atom. The Morgan fingerprint density at radius 2 is 1.92 bits per heavy atom. The minimum atomic E-state index is -0.0343. The number of benzene rings is 2. The number of methoxy groups -OCH3 is 1. The summed E-state index contributed by atoms with van der Waals surface area (Å²) in [7, 11) is 1.60. The molecule has 0 saturated heterocycles. The van der Waals surface area contributed by atoms with Gasteiger partial charge in [0.25, 0.3) is 0 Å². The van der Waals surface area contributed by atoms with E-state index in [0.717, 1.165) is 11.1 Å². The van der Waals surface area contributed by atoms with Gasteiger partial charge in [0, 0.05) is 12.6 Å². The predicted molar refractivity (Wildman–Crippen MR) is 92.0 cm³/mol. The number of hydrogen-bond donors (Lipinski definition) is 2. The van der Waals surface area contributed by atoms with E-state index >= 15 is 0 Å². The molecular formula is C19H22N2O3. The molecule has 0 radical (unpaired) electrons. The maximum Gasteiger partial charge on any atom is 0.161 e. The smallest absolute Gasteiger partial charge is 0.161 e. The first-order chi connectivity index (χ1) is 11.7. The van der Waals surface area contributed by atoms with Gasteiger partial charge in [-0.2, -0.15) is 5.26 Å². The number of aliphatic hydroxyl groups is 1. The zero-order chi connectivity index (χ0) is 17.4. The van der Waals surface area contributed by atoms with Crippen LogP contribution in [0.15, 0.2) is 42.5 Å². The molecule has 1 atom stereocenters. The summed E-state index contributed by atoms with van der Waals surface area (Å²) in [5.74, 6) is 1.27. The Bertz CT molecular complexity index is 693. The van der Waals surface area contributed by atoms with Crippen LogP contribution in [0.25, 0.3) is 0 Å². The molecule has 0 fully saturated rings. The fraction of sp³-hybridized carbons (Fsp3) is 0.316. The zero-order valence-electron chi connectivity index (χ0n) is 14.0. The first-order valence-electron chi connectivity index (χ1n) is 7.82. The summed E-state index contributed by atoms with van der Waals surface area (Å²) in [5, 5.41) is 21.1. The fourth-order valence-corrected chi connectivity index (χ4v) is 2.31. The van der Waals surface area contributed by atoms with Crippen LogP contribution >= 0.6 is 0 Å². The third kappa shape index (κ3) is 4.72. The van der Waals surface area contributed by atoms with Crippen molar-refractivity contribution in [2.45, 2.75) is 19.5 Å². The average molecular weight is 326 g/mol. The summed E-state index contributed by atoms with van der Waals surface area (Å²) >= 11 is 0. The van der Waals surface area contributed by atoms with Crippen molar-refractivity contribution >= 4 is 0 Å². The van der Waals surface area contributed by atoms with Gasteiger partial charge < -0.3 is 19.9 Å². The predicted octanol–water partition coefficient (Wildman–Crippen LogP) is 2.79. The lowest BCUT2D eigenvalue weighted by molar-refractivity contribution is 0.196. The first kappa shape index (κ1) is 17.8. The summed E-state index contributed by atoms with van der Waals surface area (Å²) < 4.78 is 10.8. The summed E-state index contributed by atoms with van der Waals surface area (Å²) in [5.41, 5.74) is 2.86. The van der Waals surface area contributed by atoms with Crippen LogP contribution in [-0.2, 0) is 6.54 Å². The van der Waals surface area contributed by atoms with Crippen LogP contribution in [0.5, 0.6) is 11.5 Å². The van der Waals surface area contributed by atoms with Gasteiger partial charge in [-0.1, -0.05) is 18.2 Å². The molecule has 0 aliphatic heterocycles.